The van der Waals surface area contributed by atoms with E-state index in [4.69, 9.17) is 16.9 Å². The van der Waals surface area contributed by atoms with Gasteiger partial charge in [0.25, 0.3) is 0 Å². The van der Waals surface area contributed by atoms with E-state index in [0.717, 1.165) is 19.5 Å². The first-order valence-corrected chi connectivity index (χ1v) is 7.18. The second kappa shape index (κ2) is 6.74. The third-order valence-electron chi connectivity index (χ3n) is 3.48. The monoisotopic (exact) mass is 291 g/mol. The molecular weight excluding hydrogens is 274 g/mol. The van der Waals surface area contributed by atoms with Crippen LogP contribution in [0.15, 0.2) is 18.2 Å². The highest BCUT2D eigenvalue weighted by atomic mass is 35.5. The topological polar surface area (TPSA) is 56.1 Å². The van der Waals surface area contributed by atoms with Gasteiger partial charge in [-0.15, -0.1) is 0 Å². The number of carbonyl (C=O) groups excluding carboxylic acids is 1. The minimum atomic E-state index is -0.0418. The van der Waals surface area contributed by atoms with Crippen LogP contribution in [0.1, 0.15) is 25.3 Å². The molecule has 5 heteroatoms. The first kappa shape index (κ1) is 14.8. The highest BCUT2D eigenvalue weighted by Gasteiger charge is 2.18. The zero-order chi connectivity index (χ0) is 14.5. The van der Waals surface area contributed by atoms with Crippen molar-refractivity contribution in [3.8, 4) is 6.07 Å². The standard InChI is InChI=1S/C15H18ClN3O/c1-11-3-2-6-19(9-11)10-15(20)18-13-5-4-12(8-17)14(16)7-13/h4-5,7,11H,2-3,6,9-10H2,1H3,(H,18,20)/t11-/m1/s1. The molecule has 106 valence electrons. The lowest BCUT2D eigenvalue weighted by Gasteiger charge is -2.30. The Balaban J connectivity index is 1.91. The molecule has 1 N–H and O–H groups in total. The molecule has 0 radical (unpaired) electrons. The van der Waals surface area contributed by atoms with Crippen LogP contribution >= 0.6 is 11.6 Å². The van der Waals surface area contributed by atoms with E-state index in [1.54, 1.807) is 18.2 Å². The number of anilines is 1. The fourth-order valence-electron chi connectivity index (χ4n) is 2.52. The van der Waals surface area contributed by atoms with Crippen LogP contribution < -0.4 is 5.32 Å². The first-order chi connectivity index (χ1) is 9.58. The van der Waals surface area contributed by atoms with E-state index in [1.165, 1.54) is 6.42 Å². The summed E-state index contributed by atoms with van der Waals surface area (Å²) in [5, 5.41) is 12.0. The van der Waals surface area contributed by atoms with Crippen molar-refractivity contribution < 1.29 is 4.79 Å². The Labute approximate surface area is 124 Å². The highest BCUT2D eigenvalue weighted by molar-refractivity contribution is 6.32. The van der Waals surface area contributed by atoms with Gasteiger partial charge in [-0.2, -0.15) is 5.26 Å². The summed E-state index contributed by atoms with van der Waals surface area (Å²) in [7, 11) is 0. The molecule has 1 aliphatic heterocycles. The predicted octanol–water partition coefficient (Wildman–Crippen LogP) is 2.88. The maximum absolute atomic E-state index is 12.0. The lowest BCUT2D eigenvalue weighted by Crippen LogP contribution is -2.39. The van der Waals surface area contributed by atoms with Gasteiger partial charge in [-0.1, -0.05) is 18.5 Å². The molecule has 1 aromatic rings. The highest BCUT2D eigenvalue weighted by Crippen LogP contribution is 2.20. The number of carbonyl (C=O) groups is 1. The number of likely N-dealkylation sites (tertiary alicyclic amines) is 1. The van der Waals surface area contributed by atoms with Crippen molar-refractivity contribution in [1.29, 1.82) is 5.26 Å². The van der Waals surface area contributed by atoms with Gasteiger partial charge in [0, 0.05) is 12.2 Å². The van der Waals surface area contributed by atoms with Crippen molar-refractivity contribution >= 4 is 23.2 Å². The molecular formula is C15H18ClN3O. The number of hydrogen-bond acceptors (Lipinski definition) is 3. The maximum Gasteiger partial charge on any atom is 0.238 e. The zero-order valence-electron chi connectivity index (χ0n) is 11.5. The van der Waals surface area contributed by atoms with Crippen LogP contribution in [-0.4, -0.2) is 30.4 Å². The van der Waals surface area contributed by atoms with Crippen molar-refractivity contribution in [1.82, 2.24) is 4.90 Å². The van der Waals surface area contributed by atoms with Crippen LogP contribution in [0.25, 0.3) is 0 Å². The predicted molar refractivity (Wildman–Crippen MR) is 79.6 cm³/mol. The Morgan fingerprint density at radius 3 is 3.05 bits per heavy atom. The van der Waals surface area contributed by atoms with E-state index >= 15 is 0 Å². The number of piperidine rings is 1. The Bertz CT molecular complexity index is 538. The molecule has 1 atom stereocenters. The van der Waals surface area contributed by atoms with Crippen LogP contribution in [0.3, 0.4) is 0 Å². The van der Waals surface area contributed by atoms with E-state index in [-0.39, 0.29) is 5.91 Å². The molecule has 1 saturated heterocycles. The van der Waals surface area contributed by atoms with Crippen molar-refractivity contribution in [2.75, 3.05) is 25.0 Å². The second-order valence-corrected chi connectivity index (χ2v) is 5.74. The number of rotatable bonds is 3. The second-order valence-electron chi connectivity index (χ2n) is 5.34. The van der Waals surface area contributed by atoms with Crippen molar-refractivity contribution in [2.24, 2.45) is 5.92 Å². The molecule has 1 heterocycles. The number of nitrogens with one attached hydrogen (secondary N) is 1. The molecule has 0 spiro atoms. The molecule has 1 aliphatic rings. The van der Waals surface area contributed by atoms with Gasteiger partial charge in [0.1, 0.15) is 6.07 Å². The van der Waals surface area contributed by atoms with E-state index in [2.05, 4.69) is 17.1 Å². The fourth-order valence-corrected chi connectivity index (χ4v) is 2.74. The van der Waals surface area contributed by atoms with Gasteiger partial charge in [-0.3, -0.25) is 9.69 Å². The zero-order valence-corrected chi connectivity index (χ0v) is 12.3. The molecule has 0 unspecified atom stereocenters. The maximum atomic E-state index is 12.0. The Morgan fingerprint density at radius 1 is 1.60 bits per heavy atom. The average Bonchev–Trinajstić information content (AvgIpc) is 2.38. The minimum absolute atomic E-state index is 0.0418. The van der Waals surface area contributed by atoms with Crippen LogP contribution in [0.4, 0.5) is 5.69 Å². The summed E-state index contributed by atoms with van der Waals surface area (Å²) < 4.78 is 0. The molecule has 20 heavy (non-hydrogen) atoms. The van der Waals surface area contributed by atoms with Gasteiger partial charge in [-0.05, 0) is 43.5 Å². The van der Waals surface area contributed by atoms with Crippen LogP contribution in [0.5, 0.6) is 0 Å². The van der Waals surface area contributed by atoms with Gasteiger partial charge in [0.15, 0.2) is 0 Å². The van der Waals surface area contributed by atoms with Gasteiger partial charge in [0.2, 0.25) is 5.91 Å². The number of amides is 1. The fraction of sp³-hybridized carbons (Fsp3) is 0.467. The smallest absolute Gasteiger partial charge is 0.238 e. The van der Waals surface area contributed by atoms with Gasteiger partial charge in [-0.25, -0.2) is 0 Å². The lowest BCUT2D eigenvalue weighted by molar-refractivity contribution is -0.117. The summed E-state index contributed by atoms with van der Waals surface area (Å²) in [6, 6.07) is 6.91. The quantitative estimate of drug-likeness (QED) is 0.931. The van der Waals surface area contributed by atoms with Crippen LogP contribution in [0, 0.1) is 17.2 Å². The van der Waals surface area contributed by atoms with Crippen LogP contribution in [0.2, 0.25) is 5.02 Å². The summed E-state index contributed by atoms with van der Waals surface area (Å²) in [5.41, 5.74) is 1.04. The minimum Gasteiger partial charge on any atom is -0.325 e. The van der Waals surface area contributed by atoms with Gasteiger partial charge in [0.05, 0.1) is 17.1 Å². The summed E-state index contributed by atoms with van der Waals surface area (Å²) >= 11 is 5.94. The molecule has 0 aliphatic carbocycles. The van der Waals surface area contributed by atoms with E-state index in [9.17, 15) is 4.79 Å². The Morgan fingerprint density at radius 2 is 2.40 bits per heavy atom. The van der Waals surface area contributed by atoms with Crippen molar-refractivity contribution in [3.63, 3.8) is 0 Å². The summed E-state index contributed by atoms with van der Waals surface area (Å²) in [6.07, 6.45) is 2.39. The van der Waals surface area contributed by atoms with E-state index in [0.29, 0.717) is 28.7 Å². The third kappa shape index (κ3) is 3.96. The molecule has 1 fully saturated rings. The normalized spacial score (nSPS) is 19.4. The van der Waals surface area contributed by atoms with Crippen LogP contribution in [-0.2, 0) is 4.79 Å². The Hall–Kier alpha value is -1.57. The molecule has 0 bridgehead atoms. The van der Waals surface area contributed by atoms with E-state index < -0.39 is 0 Å². The van der Waals surface area contributed by atoms with Gasteiger partial charge >= 0.3 is 0 Å². The molecule has 1 amide bonds. The summed E-state index contributed by atoms with van der Waals surface area (Å²) in [4.78, 5) is 14.2. The largest absolute Gasteiger partial charge is 0.325 e. The number of hydrogen-bond donors (Lipinski definition) is 1. The summed E-state index contributed by atoms with van der Waals surface area (Å²) in [6.45, 7) is 4.57. The molecule has 2 rings (SSSR count). The third-order valence-corrected chi connectivity index (χ3v) is 3.79. The molecule has 0 aromatic heterocycles. The first-order valence-electron chi connectivity index (χ1n) is 6.80. The average molecular weight is 292 g/mol. The van der Waals surface area contributed by atoms with Crippen molar-refractivity contribution in [2.45, 2.75) is 19.8 Å². The number of nitrogens with zero attached hydrogens (tertiary/aromatic N) is 2. The van der Waals surface area contributed by atoms with Crippen molar-refractivity contribution in [3.05, 3.63) is 28.8 Å². The number of benzene rings is 1. The Kier molecular flexibility index (Phi) is 4.99. The molecule has 4 nitrogen and oxygen atoms in total. The number of halogens is 1. The lowest BCUT2D eigenvalue weighted by atomic mass is 10.0. The molecule has 1 aromatic carbocycles. The summed E-state index contributed by atoms with van der Waals surface area (Å²) in [5.74, 6) is 0.612. The molecule has 0 saturated carbocycles. The van der Waals surface area contributed by atoms with E-state index in [1.807, 2.05) is 6.07 Å². The van der Waals surface area contributed by atoms with Gasteiger partial charge < -0.3 is 5.32 Å². The number of nitriles is 1. The SMILES string of the molecule is C[C@@H]1CCCN(CC(=O)Nc2ccc(C#N)c(Cl)c2)C1.